The summed E-state index contributed by atoms with van der Waals surface area (Å²) in [7, 11) is 0.345. The highest BCUT2D eigenvalue weighted by Gasteiger charge is 2.31. The number of aromatic nitrogens is 1. The largest absolute Gasteiger partial charge is 0.497 e. The lowest BCUT2D eigenvalue weighted by Gasteiger charge is -2.22. The van der Waals surface area contributed by atoms with E-state index in [0.717, 1.165) is 4.31 Å². The Labute approximate surface area is 195 Å². The fourth-order valence-corrected chi connectivity index (χ4v) is 5.30. The van der Waals surface area contributed by atoms with E-state index in [1.165, 1.54) is 33.5 Å². The van der Waals surface area contributed by atoms with E-state index in [4.69, 9.17) is 14.2 Å². The summed E-state index contributed by atoms with van der Waals surface area (Å²) in [6.07, 6.45) is 0.417. The van der Waals surface area contributed by atoms with Crippen LogP contribution in [0.15, 0.2) is 29.2 Å². The first kappa shape index (κ1) is 26.6. The van der Waals surface area contributed by atoms with Gasteiger partial charge in [0, 0.05) is 38.1 Å². The zero-order valence-corrected chi connectivity index (χ0v) is 20.8. The lowest BCUT2D eigenvalue weighted by molar-refractivity contribution is 0.0587. The molecule has 0 saturated carbocycles. The van der Waals surface area contributed by atoms with E-state index in [1.54, 1.807) is 30.5 Å². The van der Waals surface area contributed by atoms with E-state index in [2.05, 4.69) is 0 Å². The van der Waals surface area contributed by atoms with Crippen LogP contribution in [0.25, 0.3) is 0 Å². The Kier molecular flexibility index (Phi) is 9.21. The molecule has 0 saturated heterocycles. The van der Waals surface area contributed by atoms with Gasteiger partial charge in [0.2, 0.25) is 10.0 Å². The van der Waals surface area contributed by atoms with Gasteiger partial charge in [0.05, 0.1) is 25.7 Å². The van der Waals surface area contributed by atoms with Gasteiger partial charge in [0.1, 0.15) is 11.4 Å². The molecule has 0 aliphatic carbocycles. The average molecular weight is 481 g/mol. The lowest BCUT2D eigenvalue weighted by Crippen LogP contribution is -2.37. The van der Waals surface area contributed by atoms with Crippen LogP contribution in [0.2, 0.25) is 0 Å². The zero-order chi connectivity index (χ0) is 24.8. The maximum absolute atomic E-state index is 13.4. The fourth-order valence-electron chi connectivity index (χ4n) is 3.87. The van der Waals surface area contributed by atoms with Gasteiger partial charge < -0.3 is 18.8 Å². The van der Waals surface area contributed by atoms with E-state index in [0.29, 0.717) is 47.8 Å². The van der Waals surface area contributed by atoms with Gasteiger partial charge in [-0.1, -0.05) is 0 Å². The van der Waals surface area contributed by atoms with Crippen molar-refractivity contribution in [3.05, 3.63) is 46.8 Å². The van der Waals surface area contributed by atoms with Crippen LogP contribution in [0.4, 0.5) is 0 Å². The van der Waals surface area contributed by atoms with Gasteiger partial charge in [-0.15, -0.1) is 0 Å². The van der Waals surface area contributed by atoms with Gasteiger partial charge in [-0.05, 0) is 57.0 Å². The molecule has 1 aromatic carbocycles. The highest BCUT2D eigenvalue weighted by molar-refractivity contribution is 7.89. The Bertz CT molecular complexity index is 1090. The molecule has 10 heteroatoms. The Hall–Kier alpha value is -2.69. The molecule has 0 fully saturated rings. The molecule has 0 radical (unpaired) electrons. The third-order valence-corrected chi connectivity index (χ3v) is 7.37. The molecule has 0 amide bonds. The predicted molar refractivity (Wildman–Crippen MR) is 123 cm³/mol. The molecule has 0 atom stereocenters. The van der Waals surface area contributed by atoms with Crippen LogP contribution < -0.4 is 4.74 Å². The Balaban J connectivity index is 2.46. The number of hydrogen-bond acceptors (Lipinski definition) is 7. The molecule has 2 rings (SSSR count). The Morgan fingerprint density at radius 2 is 1.70 bits per heavy atom. The molecule has 0 aliphatic heterocycles. The van der Waals surface area contributed by atoms with E-state index in [1.807, 2.05) is 6.92 Å². The Morgan fingerprint density at radius 3 is 2.21 bits per heavy atom. The van der Waals surface area contributed by atoms with Crippen LogP contribution in [0, 0.1) is 13.8 Å². The number of nitrogens with zero attached hydrogens (tertiary/aromatic N) is 2. The van der Waals surface area contributed by atoms with Crippen molar-refractivity contribution < 1.29 is 32.2 Å². The first-order chi connectivity index (χ1) is 15.6. The normalized spacial score (nSPS) is 11.6. The SMILES string of the molecule is CCn1c(C)c(C(=O)CN(CCCOC)S(=O)(=O)c2ccc(OC)cc2)c(C)c1C(=O)OC. The molecule has 33 heavy (non-hydrogen) atoms. The molecule has 182 valence electrons. The number of carbonyl (C=O) groups is 2. The number of Topliss-reactive ketones (excluding diaryl/α,β-unsaturated/α-hetero) is 1. The van der Waals surface area contributed by atoms with Crippen molar-refractivity contribution in [3.63, 3.8) is 0 Å². The van der Waals surface area contributed by atoms with Crippen LogP contribution in [0.3, 0.4) is 0 Å². The minimum absolute atomic E-state index is 0.0586. The van der Waals surface area contributed by atoms with Crippen molar-refractivity contribution in [2.24, 2.45) is 0 Å². The summed E-state index contributed by atoms with van der Waals surface area (Å²) in [6, 6.07) is 6.00. The second kappa shape index (κ2) is 11.4. The summed E-state index contributed by atoms with van der Waals surface area (Å²) in [6.45, 7) is 5.82. The van der Waals surface area contributed by atoms with Crippen molar-refractivity contribution in [1.82, 2.24) is 8.87 Å². The number of sulfonamides is 1. The average Bonchev–Trinajstić information content (AvgIpc) is 3.06. The van der Waals surface area contributed by atoms with Gasteiger partial charge in [0.25, 0.3) is 0 Å². The molecule has 0 N–H and O–H groups in total. The molecule has 0 spiro atoms. The molecule has 0 unspecified atom stereocenters. The van der Waals surface area contributed by atoms with Gasteiger partial charge in [-0.3, -0.25) is 4.79 Å². The third-order valence-electron chi connectivity index (χ3n) is 5.51. The van der Waals surface area contributed by atoms with Crippen LogP contribution in [0.1, 0.15) is 45.4 Å². The minimum Gasteiger partial charge on any atom is -0.497 e. The zero-order valence-electron chi connectivity index (χ0n) is 20.0. The summed E-state index contributed by atoms with van der Waals surface area (Å²) in [4.78, 5) is 25.7. The summed E-state index contributed by atoms with van der Waals surface area (Å²) < 4.78 is 44.6. The van der Waals surface area contributed by atoms with Crippen molar-refractivity contribution in [3.8, 4) is 5.75 Å². The molecule has 9 nitrogen and oxygen atoms in total. The molecule has 0 aliphatic rings. The van der Waals surface area contributed by atoms with Crippen LogP contribution in [-0.2, 0) is 26.0 Å². The number of hydrogen-bond donors (Lipinski definition) is 0. The monoisotopic (exact) mass is 480 g/mol. The number of methoxy groups -OCH3 is 3. The second-order valence-electron chi connectivity index (χ2n) is 7.45. The van der Waals surface area contributed by atoms with Crippen molar-refractivity contribution in [1.29, 1.82) is 0 Å². The molecule has 1 aromatic heterocycles. The smallest absolute Gasteiger partial charge is 0.354 e. The van der Waals surface area contributed by atoms with Crippen molar-refractivity contribution >= 4 is 21.8 Å². The number of rotatable bonds is 12. The van der Waals surface area contributed by atoms with Crippen LogP contribution in [0.5, 0.6) is 5.75 Å². The molecule has 2 aromatic rings. The Morgan fingerprint density at radius 1 is 1.06 bits per heavy atom. The number of carbonyl (C=O) groups excluding carboxylic acids is 2. The van der Waals surface area contributed by atoms with Gasteiger partial charge in [0.15, 0.2) is 5.78 Å². The first-order valence-corrected chi connectivity index (χ1v) is 12.0. The highest BCUT2D eigenvalue weighted by Crippen LogP contribution is 2.26. The maximum Gasteiger partial charge on any atom is 0.354 e. The summed E-state index contributed by atoms with van der Waals surface area (Å²) >= 11 is 0. The summed E-state index contributed by atoms with van der Waals surface area (Å²) in [5.74, 6) is -0.408. The fraction of sp³-hybridized carbons (Fsp3) is 0.478. The standard InChI is InChI=1S/C23H32N2O7S/c1-7-25-17(3)21(16(2)22(25)23(27)32-6)20(26)15-24(13-8-14-30-4)33(28,29)19-11-9-18(31-5)10-12-19/h9-12H,7-8,13-15H2,1-6H3. The highest BCUT2D eigenvalue weighted by atomic mass is 32.2. The summed E-state index contributed by atoms with van der Waals surface area (Å²) in [5, 5.41) is 0. The van der Waals surface area contributed by atoms with Gasteiger partial charge >= 0.3 is 5.97 Å². The molecular weight excluding hydrogens is 448 g/mol. The van der Waals surface area contributed by atoms with E-state index in [9.17, 15) is 18.0 Å². The number of ether oxygens (including phenoxy) is 3. The van der Waals surface area contributed by atoms with Gasteiger partial charge in [-0.2, -0.15) is 4.31 Å². The molecular formula is C23H32N2O7S. The first-order valence-electron chi connectivity index (χ1n) is 10.6. The van der Waals surface area contributed by atoms with Crippen LogP contribution in [-0.4, -0.2) is 70.1 Å². The number of esters is 1. The number of benzene rings is 1. The van der Waals surface area contributed by atoms with Crippen molar-refractivity contribution in [2.75, 3.05) is 41.0 Å². The predicted octanol–water partition coefficient (Wildman–Crippen LogP) is 2.83. The molecule has 0 bridgehead atoms. The molecule has 1 heterocycles. The van der Waals surface area contributed by atoms with Gasteiger partial charge in [-0.25, -0.2) is 13.2 Å². The van der Waals surface area contributed by atoms with Crippen molar-refractivity contribution in [2.45, 2.75) is 38.6 Å². The van der Waals surface area contributed by atoms with E-state index >= 15 is 0 Å². The second-order valence-corrected chi connectivity index (χ2v) is 9.39. The van der Waals surface area contributed by atoms with Crippen LogP contribution >= 0.6 is 0 Å². The minimum atomic E-state index is -3.96. The quantitative estimate of drug-likeness (QED) is 0.261. The summed E-state index contributed by atoms with van der Waals surface area (Å²) in [5.41, 5.74) is 1.70. The number of ketones is 1. The third kappa shape index (κ3) is 5.63. The topological polar surface area (TPSA) is 104 Å². The van der Waals surface area contributed by atoms with E-state index in [-0.39, 0.29) is 18.0 Å². The van der Waals surface area contributed by atoms with E-state index < -0.39 is 21.8 Å². The maximum atomic E-state index is 13.4. The lowest BCUT2D eigenvalue weighted by atomic mass is 10.1.